The first-order valence-electron chi connectivity index (χ1n) is 8.49. The summed E-state index contributed by atoms with van der Waals surface area (Å²) in [5.74, 6) is 0.0113. The number of carbonyl (C=O) groups excluding carboxylic acids is 1. The van der Waals surface area contributed by atoms with Crippen LogP contribution in [0, 0.1) is 13.8 Å². The summed E-state index contributed by atoms with van der Waals surface area (Å²) >= 11 is 0. The van der Waals surface area contributed by atoms with Crippen LogP contribution in [0.1, 0.15) is 30.0 Å². The maximum Gasteiger partial charge on any atom is 0.246 e. The van der Waals surface area contributed by atoms with Gasteiger partial charge in [0.1, 0.15) is 6.04 Å². The summed E-state index contributed by atoms with van der Waals surface area (Å²) in [4.78, 5) is 14.9. The van der Waals surface area contributed by atoms with Gasteiger partial charge in [0.2, 0.25) is 5.91 Å². The van der Waals surface area contributed by atoms with Gasteiger partial charge in [-0.1, -0.05) is 23.8 Å². The van der Waals surface area contributed by atoms with Crippen LogP contribution in [0.15, 0.2) is 36.4 Å². The van der Waals surface area contributed by atoms with E-state index in [9.17, 15) is 4.79 Å². The molecule has 0 saturated carbocycles. The highest BCUT2D eigenvalue weighted by atomic mass is 35.5. The molecule has 0 bridgehead atoms. The van der Waals surface area contributed by atoms with Gasteiger partial charge in [0, 0.05) is 23.6 Å². The molecule has 5 heteroatoms. The zero-order valence-corrected chi connectivity index (χ0v) is 15.8. The number of hydrogen-bond donors (Lipinski definition) is 2. The topological polar surface area (TPSA) is 58.4 Å². The Balaban J connectivity index is 0.00000225. The van der Waals surface area contributed by atoms with Crippen LogP contribution in [0.3, 0.4) is 0 Å². The van der Waals surface area contributed by atoms with Gasteiger partial charge in [0.15, 0.2) is 0 Å². The summed E-state index contributed by atoms with van der Waals surface area (Å²) in [6.45, 7) is 6.90. The number of hydrogen-bond acceptors (Lipinski definition) is 3. The highest BCUT2D eigenvalue weighted by Gasteiger charge is 2.27. The van der Waals surface area contributed by atoms with Crippen molar-refractivity contribution in [3.63, 3.8) is 0 Å². The predicted octanol–water partition coefficient (Wildman–Crippen LogP) is 4.09. The van der Waals surface area contributed by atoms with Crippen molar-refractivity contribution in [1.82, 2.24) is 0 Å². The molecule has 0 fully saturated rings. The summed E-state index contributed by atoms with van der Waals surface area (Å²) in [6.07, 6.45) is 1.99. The van der Waals surface area contributed by atoms with Gasteiger partial charge in [-0.15, -0.1) is 12.4 Å². The van der Waals surface area contributed by atoms with Crippen molar-refractivity contribution in [2.24, 2.45) is 0 Å². The van der Waals surface area contributed by atoms with Gasteiger partial charge in [0.05, 0.1) is 0 Å². The average molecular weight is 360 g/mol. The smallest absolute Gasteiger partial charge is 0.246 e. The monoisotopic (exact) mass is 359 g/mol. The van der Waals surface area contributed by atoms with E-state index in [1.54, 1.807) is 0 Å². The van der Waals surface area contributed by atoms with Gasteiger partial charge >= 0.3 is 0 Å². The van der Waals surface area contributed by atoms with Crippen LogP contribution in [0.25, 0.3) is 0 Å². The van der Waals surface area contributed by atoms with Crippen LogP contribution in [0.5, 0.6) is 0 Å². The van der Waals surface area contributed by atoms with Gasteiger partial charge in [0.25, 0.3) is 0 Å². The predicted molar refractivity (Wildman–Crippen MR) is 108 cm³/mol. The summed E-state index contributed by atoms with van der Waals surface area (Å²) in [7, 11) is 0. The number of amides is 1. The molecule has 1 unspecified atom stereocenters. The van der Waals surface area contributed by atoms with Crippen molar-refractivity contribution >= 4 is 35.4 Å². The molecule has 1 atom stereocenters. The van der Waals surface area contributed by atoms with Gasteiger partial charge in [-0.25, -0.2) is 0 Å². The van der Waals surface area contributed by atoms with Crippen molar-refractivity contribution < 1.29 is 4.79 Å². The zero-order valence-electron chi connectivity index (χ0n) is 15.0. The maximum absolute atomic E-state index is 12.8. The molecule has 134 valence electrons. The number of rotatable bonds is 3. The van der Waals surface area contributed by atoms with Gasteiger partial charge in [-0.3, -0.25) is 4.79 Å². The van der Waals surface area contributed by atoms with Crippen LogP contribution >= 0.6 is 12.4 Å². The standard InChI is InChI=1S/C20H25N3O.ClH/c1-13-9-10-18(14(2)12-13)22-20(24)15(3)23-11-5-6-16-17(21)7-4-8-19(16)23;/h4,7-10,12,15H,5-6,11,21H2,1-3H3,(H,22,24);1H. The van der Waals surface area contributed by atoms with Crippen molar-refractivity contribution in [1.29, 1.82) is 0 Å². The average Bonchev–Trinajstić information content (AvgIpc) is 2.56. The molecule has 3 rings (SSSR count). The van der Waals surface area contributed by atoms with E-state index in [1.165, 1.54) is 5.56 Å². The van der Waals surface area contributed by atoms with Gasteiger partial charge in [-0.2, -0.15) is 0 Å². The Hall–Kier alpha value is -2.20. The number of fused-ring (bicyclic) bond motifs is 1. The molecule has 1 heterocycles. The van der Waals surface area contributed by atoms with E-state index in [4.69, 9.17) is 5.73 Å². The first-order chi connectivity index (χ1) is 11.5. The van der Waals surface area contributed by atoms with Crippen molar-refractivity contribution in [3.8, 4) is 0 Å². The van der Waals surface area contributed by atoms with E-state index < -0.39 is 0 Å². The van der Waals surface area contributed by atoms with E-state index in [2.05, 4.69) is 29.3 Å². The number of carbonyl (C=O) groups is 1. The number of halogens is 1. The number of nitrogen functional groups attached to an aromatic ring is 1. The lowest BCUT2D eigenvalue weighted by atomic mass is 9.98. The van der Waals surface area contributed by atoms with Crippen molar-refractivity contribution in [3.05, 3.63) is 53.1 Å². The molecule has 0 saturated heterocycles. The lowest BCUT2D eigenvalue weighted by Crippen LogP contribution is -2.44. The molecule has 1 amide bonds. The third kappa shape index (κ3) is 3.90. The fraction of sp³-hybridized carbons (Fsp3) is 0.350. The summed E-state index contributed by atoms with van der Waals surface area (Å²) in [6, 6.07) is 11.8. The summed E-state index contributed by atoms with van der Waals surface area (Å²) in [5.41, 5.74) is 12.3. The molecule has 1 aliphatic rings. The molecule has 0 aliphatic carbocycles. The van der Waals surface area contributed by atoms with E-state index in [1.807, 2.05) is 38.1 Å². The van der Waals surface area contributed by atoms with Crippen LogP contribution in [0.2, 0.25) is 0 Å². The lowest BCUT2D eigenvalue weighted by molar-refractivity contribution is -0.117. The second-order valence-electron chi connectivity index (χ2n) is 6.63. The number of aryl methyl sites for hydroxylation is 2. The SMILES string of the molecule is Cc1ccc(NC(=O)C(C)N2CCCc3c(N)cccc32)c(C)c1.Cl. The van der Waals surface area contributed by atoms with Gasteiger partial charge < -0.3 is 16.0 Å². The Kier molecular flexibility index (Phi) is 5.96. The largest absolute Gasteiger partial charge is 0.398 e. The molecule has 1 aliphatic heterocycles. The van der Waals surface area contributed by atoms with Crippen LogP contribution < -0.4 is 16.0 Å². The Morgan fingerprint density at radius 2 is 2.00 bits per heavy atom. The highest BCUT2D eigenvalue weighted by Crippen LogP contribution is 2.32. The minimum atomic E-state index is -0.244. The number of nitrogens with two attached hydrogens (primary N) is 1. The second kappa shape index (κ2) is 7.79. The van der Waals surface area contributed by atoms with Crippen LogP contribution in [0.4, 0.5) is 17.1 Å². The van der Waals surface area contributed by atoms with Crippen molar-refractivity contribution in [2.75, 3.05) is 22.5 Å². The van der Waals surface area contributed by atoms with E-state index in [0.717, 1.165) is 47.6 Å². The third-order valence-corrected chi connectivity index (χ3v) is 4.81. The molecular weight excluding hydrogens is 334 g/mol. The van der Waals surface area contributed by atoms with Crippen molar-refractivity contribution in [2.45, 2.75) is 39.7 Å². The molecule has 3 N–H and O–H groups in total. The zero-order chi connectivity index (χ0) is 17.3. The van der Waals surface area contributed by atoms with E-state index in [0.29, 0.717) is 0 Å². The third-order valence-electron chi connectivity index (χ3n) is 4.81. The fourth-order valence-electron chi connectivity index (χ4n) is 3.41. The molecule has 0 spiro atoms. The molecule has 2 aromatic carbocycles. The quantitative estimate of drug-likeness (QED) is 0.811. The number of benzene rings is 2. The molecule has 0 aromatic heterocycles. The molecular formula is C20H26ClN3O. The molecule has 0 radical (unpaired) electrons. The first kappa shape index (κ1) is 19.1. The minimum Gasteiger partial charge on any atom is -0.398 e. The number of nitrogens with one attached hydrogen (secondary N) is 1. The van der Waals surface area contributed by atoms with Crippen LogP contribution in [-0.4, -0.2) is 18.5 Å². The lowest BCUT2D eigenvalue weighted by Gasteiger charge is -2.36. The summed E-state index contributed by atoms with van der Waals surface area (Å²) < 4.78 is 0. The maximum atomic E-state index is 12.8. The molecule has 2 aromatic rings. The minimum absolute atomic E-state index is 0. The first-order valence-corrected chi connectivity index (χ1v) is 8.49. The van der Waals surface area contributed by atoms with Gasteiger partial charge in [-0.05, 0) is 62.9 Å². The number of anilines is 3. The molecule has 25 heavy (non-hydrogen) atoms. The normalized spacial score (nSPS) is 14.3. The fourth-order valence-corrected chi connectivity index (χ4v) is 3.41. The Bertz CT molecular complexity index is 776. The van der Waals surface area contributed by atoms with E-state index in [-0.39, 0.29) is 24.4 Å². The Morgan fingerprint density at radius 3 is 2.72 bits per heavy atom. The second-order valence-corrected chi connectivity index (χ2v) is 6.63. The van der Waals surface area contributed by atoms with Crippen LogP contribution in [-0.2, 0) is 11.2 Å². The Labute approximate surface area is 155 Å². The molecule has 4 nitrogen and oxygen atoms in total. The van der Waals surface area contributed by atoms with E-state index >= 15 is 0 Å². The highest BCUT2D eigenvalue weighted by molar-refractivity contribution is 5.97. The summed E-state index contributed by atoms with van der Waals surface area (Å²) in [5, 5.41) is 3.07. The Morgan fingerprint density at radius 1 is 1.24 bits per heavy atom. The number of nitrogens with zero attached hydrogens (tertiary/aromatic N) is 1.